The second kappa shape index (κ2) is 7.69. The van der Waals surface area contributed by atoms with Gasteiger partial charge in [-0.1, -0.05) is 6.92 Å². The average molecular weight is 455 g/mol. The molecule has 2 saturated carbocycles. The fourth-order valence-electron chi connectivity index (χ4n) is 6.29. The smallest absolute Gasteiger partial charge is 0.302 e. The summed E-state index contributed by atoms with van der Waals surface area (Å²) in [5.74, 6) is -3.06. The number of alkyl halides is 1. The van der Waals surface area contributed by atoms with Gasteiger partial charge in [0.25, 0.3) is 0 Å². The molecule has 4 rings (SSSR count). The van der Waals surface area contributed by atoms with Gasteiger partial charge < -0.3 is 24.1 Å². The number of esters is 1. The van der Waals surface area contributed by atoms with Gasteiger partial charge in [-0.05, 0) is 30.7 Å². The van der Waals surface area contributed by atoms with Gasteiger partial charge >= 0.3 is 5.97 Å². The molecule has 8 nitrogen and oxygen atoms in total. The molecule has 3 fully saturated rings. The number of fused-ring (bicyclic) bond motifs is 2. The zero-order chi connectivity index (χ0) is 22.6. The predicted octanol–water partition coefficient (Wildman–Crippen LogP) is 2.15. The van der Waals surface area contributed by atoms with E-state index in [-0.39, 0.29) is 31.0 Å². The number of furan rings is 1. The van der Waals surface area contributed by atoms with Gasteiger partial charge in [-0.2, -0.15) is 0 Å². The maximum atomic E-state index is 13.6. The molecule has 2 N–H and O–H groups in total. The molecule has 0 aromatic carbocycles. The van der Waals surface area contributed by atoms with Crippen molar-refractivity contribution in [2.75, 3.05) is 12.5 Å². The summed E-state index contributed by atoms with van der Waals surface area (Å²) >= 11 is 6.11. The van der Waals surface area contributed by atoms with Crippen LogP contribution in [0.25, 0.3) is 0 Å². The topological polar surface area (TPSA) is 123 Å². The third kappa shape index (κ3) is 2.95. The van der Waals surface area contributed by atoms with E-state index < -0.39 is 59.0 Å². The highest BCUT2D eigenvalue weighted by Gasteiger charge is 2.75. The molecule has 1 aromatic heterocycles. The van der Waals surface area contributed by atoms with Crippen molar-refractivity contribution in [1.29, 1.82) is 0 Å². The first-order valence-electron chi connectivity index (χ1n) is 10.5. The number of aliphatic hydroxyl groups is 2. The minimum atomic E-state index is -2.20. The molecule has 0 bridgehead atoms. The molecule has 0 radical (unpaired) electrons. The van der Waals surface area contributed by atoms with E-state index in [1.54, 1.807) is 12.3 Å². The fourth-order valence-corrected chi connectivity index (χ4v) is 6.67. The van der Waals surface area contributed by atoms with E-state index in [1.807, 2.05) is 6.92 Å². The summed E-state index contributed by atoms with van der Waals surface area (Å²) < 4.78 is 16.4. The fraction of sp³-hybridized carbons (Fsp3) is 0.682. The summed E-state index contributed by atoms with van der Waals surface area (Å²) in [7, 11) is 0. The van der Waals surface area contributed by atoms with Gasteiger partial charge in [0.15, 0.2) is 17.7 Å². The number of rotatable bonds is 4. The van der Waals surface area contributed by atoms with Gasteiger partial charge in [0.1, 0.15) is 17.8 Å². The van der Waals surface area contributed by atoms with Gasteiger partial charge in [0.2, 0.25) is 0 Å². The van der Waals surface area contributed by atoms with Crippen LogP contribution in [0, 0.1) is 22.7 Å². The van der Waals surface area contributed by atoms with Crippen molar-refractivity contribution in [3.05, 3.63) is 24.2 Å². The van der Waals surface area contributed by atoms with E-state index in [1.165, 1.54) is 13.2 Å². The van der Waals surface area contributed by atoms with Crippen molar-refractivity contribution in [3.8, 4) is 0 Å². The Labute approximate surface area is 184 Å². The summed E-state index contributed by atoms with van der Waals surface area (Å²) in [4.78, 5) is 38.1. The van der Waals surface area contributed by atoms with E-state index in [0.717, 1.165) is 5.56 Å². The van der Waals surface area contributed by atoms with E-state index in [4.69, 9.17) is 25.5 Å². The van der Waals surface area contributed by atoms with Gasteiger partial charge in [-0.3, -0.25) is 14.4 Å². The molecule has 3 aliphatic rings. The highest BCUT2D eigenvalue weighted by molar-refractivity contribution is 6.21. The minimum absolute atomic E-state index is 0.000551. The monoisotopic (exact) mass is 454 g/mol. The Balaban J connectivity index is 1.86. The van der Waals surface area contributed by atoms with Crippen LogP contribution >= 0.6 is 11.6 Å². The second-order valence-corrected chi connectivity index (χ2v) is 9.41. The first kappa shape index (κ1) is 22.5. The Kier molecular flexibility index (Phi) is 5.57. The summed E-state index contributed by atoms with van der Waals surface area (Å²) in [6, 6.07) is 1.75. The van der Waals surface area contributed by atoms with Gasteiger partial charge in [0.05, 0.1) is 24.5 Å². The SMILES string of the molecule is CC(=O)OC[C@@]12C(=O)C[C@@H](C)[C@@]3(C[C@@H](c4ccoc4)O[C@H]3O)[C@H]1CCC(=O)[C@]2(O)CCl. The van der Waals surface area contributed by atoms with Crippen molar-refractivity contribution < 1.29 is 38.5 Å². The molecule has 1 saturated heterocycles. The first-order valence-corrected chi connectivity index (χ1v) is 11.0. The van der Waals surface area contributed by atoms with Crippen LogP contribution < -0.4 is 0 Å². The predicted molar refractivity (Wildman–Crippen MR) is 107 cm³/mol. The first-order chi connectivity index (χ1) is 14.6. The molecule has 31 heavy (non-hydrogen) atoms. The number of carbonyl (C=O) groups excluding carboxylic acids is 3. The third-order valence-corrected chi connectivity index (χ3v) is 8.30. The summed E-state index contributed by atoms with van der Waals surface area (Å²) in [5.41, 5.74) is -4.15. The van der Waals surface area contributed by atoms with Crippen LogP contribution in [0.3, 0.4) is 0 Å². The van der Waals surface area contributed by atoms with Crippen molar-refractivity contribution in [2.45, 2.75) is 57.5 Å². The van der Waals surface area contributed by atoms with Crippen LogP contribution in [0.4, 0.5) is 0 Å². The van der Waals surface area contributed by atoms with E-state index in [2.05, 4.69) is 0 Å². The molecular weight excluding hydrogens is 428 g/mol. The molecular formula is C22H27ClO8. The van der Waals surface area contributed by atoms with Gasteiger partial charge in [-0.15, -0.1) is 11.6 Å². The minimum Gasteiger partial charge on any atom is -0.472 e. The lowest BCUT2D eigenvalue weighted by Crippen LogP contribution is -2.73. The summed E-state index contributed by atoms with van der Waals surface area (Å²) in [6.07, 6.45) is 1.93. The van der Waals surface area contributed by atoms with Crippen LogP contribution in [0.5, 0.6) is 0 Å². The van der Waals surface area contributed by atoms with Gasteiger partial charge in [-0.25, -0.2) is 0 Å². The lowest BCUT2D eigenvalue weighted by Gasteiger charge is -2.61. The Morgan fingerprint density at radius 2 is 2.10 bits per heavy atom. The molecule has 170 valence electrons. The van der Waals surface area contributed by atoms with Crippen molar-refractivity contribution in [2.24, 2.45) is 22.7 Å². The number of ketones is 2. The van der Waals surface area contributed by atoms with Gasteiger partial charge in [0, 0.05) is 30.7 Å². The van der Waals surface area contributed by atoms with E-state index in [9.17, 15) is 24.6 Å². The maximum absolute atomic E-state index is 13.6. The lowest BCUT2D eigenvalue weighted by atomic mass is 9.42. The molecule has 1 aliphatic heterocycles. The van der Waals surface area contributed by atoms with E-state index in [0.29, 0.717) is 6.42 Å². The number of carbonyl (C=O) groups is 3. The lowest BCUT2D eigenvalue weighted by molar-refractivity contribution is -0.240. The Morgan fingerprint density at radius 3 is 2.71 bits per heavy atom. The average Bonchev–Trinajstić information content (AvgIpc) is 3.36. The molecule has 2 aliphatic carbocycles. The Hall–Kier alpha value is -1.74. The molecule has 1 aromatic rings. The van der Waals surface area contributed by atoms with Crippen molar-refractivity contribution in [3.63, 3.8) is 0 Å². The van der Waals surface area contributed by atoms with Crippen LogP contribution in [0.1, 0.15) is 51.2 Å². The number of hydrogen-bond donors (Lipinski definition) is 2. The molecule has 0 unspecified atom stereocenters. The number of halogens is 1. The Morgan fingerprint density at radius 1 is 1.35 bits per heavy atom. The second-order valence-electron chi connectivity index (χ2n) is 9.14. The van der Waals surface area contributed by atoms with Crippen LogP contribution in [0.2, 0.25) is 0 Å². The standard InChI is InChI=1S/C22H27ClO8/c1-12-7-18(26)21(11-30-13(2)24)16(3-4-17(25)22(21,28)10-23)20(12)8-15(31-19(20)27)14-5-6-29-9-14/h5-6,9,12,15-16,19,27-28H,3-4,7-8,10-11H2,1-2H3/t12-,15+,16-,19-,20+,21+,22-/m1/s1. The van der Waals surface area contributed by atoms with Crippen LogP contribution in [-0.2, 0) is 23.9 Å². The van der Waals surface area contributed by atoms with E-state index >= 15 is 0 Å². The van der Waals surface area contributed by atoms with Crippen molar-refractivity contribution >= 4 is 29.1 Å². The largest absolute Gasteiger partial charge is 0.472 e. The number of ether oxygens (including phenoxy) is 2. The highest BCUT2D eigenvalue weighted by atomic mass is 35.5. The molecule has 9 heteroatoms. The molecule has 7 atom stereocenters. The molecule has 0 amide bonds. The summed E-state index contributed by atoms with van der Waals surface area (Å²) in [5, 5.41) is 22.7. The van der Waals surface area contributed by atoms with Crippen LogP contribution in [-0.4, -0.2) is 52.1 Å². The number of hydrogen-bond acceptors (Lipinski definition) is 8. The zero-order valence-electron chi connectivity index (χ0n) is 17.5. The number of aliphatic hydroxyl groups excluding tert-OH is 1. The highest BCUT2D eigenvalue weighted by Crippen LogP contribution is 2.67. The Bertz CT molecular complexity index is 884. The molecule has 1 spiro atoms. The third-order valence-electron chi connectivity index (χ3n) is 7.91. The van der Waals surface area contributed by atoms with Crippen molar-refractivity contribution in [1.82, 2.24) is 0 Å². The maximum Gasteiger partial charge on any atom is 0.302 e. The van der Waals surface area contributed by atoms with Crippen LogP contribution in [0.15, 0.2) is 23.0 Å². The normalized spacial score (nSPS) is 42.6. The summed E-state index contributed by atoms with van der Waals surface area (Å²) in [6.45, 7) is 2.59. The quantitative estimate of drug-likeness (QED) is 0.524. The molecule has 2 heterocycles. The number of Topliss-reactive ketones (excluding diaryl/α,β-unsaturated/α-hetero) is 2. The zero-order valence-corrected chi connectivity index (χ0v) is 18.3.